The maximum absolute atomic E-state index is 12.8. The molecular formula is C17H19N3O5. The quantitative estimate of drug-likeness (QED) is 0.835. The minimum Gasteiger partial charge on any atom is -0.461 e. The highest BCUT2D eigenvalue weighted by Gasteiger charge is 2.38. The van der Waals surface area contributed by atoms with Crippen LogP contribution in [0.1, 0.15) is 23.3 Å². The van der Waals surface area contributed by atoms with Crippen molar-refractivity contribution in [2.75, 3.05) is 32.8 Å². The minimum atomic E-state index is -0.436. The van der Waals surface area contributed by atoms with E-state index in [2.05, 4.69) is 5.16 Å². The monoisotopic (exact) mass is 345 g/mol. The highest BCUT2D eigenvalue weighted by atomic mass is 16.5. The standard InChI is InChI=1S/C17H19N3O5/c21-16(12-11-15(25-18-12)14-4-2-8-24-14)20-5-1-3-13(20)17(22)19-6-9-23-10-7-19/h2,4,8,11,13H,1,3,5-7,9-10H2/t13-/m0/s1. The number of likely N-dealkylation sites (tertiary alicyclic amines) is 1. The van der Waals surface area contributed by atoms with Crippen molar-refractivity contribution in [3.05, 3.63) is 30.2 Å². The summed E-state index contributed by atoms with van der Waals surface area (Å²) in [5.41, 5.74) is 0.188. The van der Waals surface area contributed by atoms with Crippen LogP contribution in [0.15, 0.2) is 33.4 Å². The van der Waals surface area contributed by atoms with Gasteiger partial charge in [-0.3, -0.25) is 9.59 Å². The van der Waals surface area contributed by atoms with Crippen molar-refractivity contribution in [2.24, 2.45) is 0 Å². The molecule has 1 atom stereocenters. The number of hydrogen-bond donors (Lipinski definition) is 0. The van der Waals surface area contributed by atoms with Gasteiger partial charge in [-0.2, -0.15) is 0 Å². The third-order valence-corrected chi connectivity index (χ3v) is 4.61. The van der Waals surface area contributed by atoms with Crippen LogP contribution in [0.5, 0.6) is 0 Å². The Bertz CT molecular complexity index is 748. The van der Waals surface area contributed by atoms with Crippen LogP contribution >= 0.6 is 0 Å². The molecule has 2 saturated heterocycles. The molecule has 0 aromatic carbocycles. The fourth-order valence-corrected chi connectivity index (χ4v) is 3.32. The van der Waals surface area contributed by atoms with Crippen LogP contribution in [0.3, 0.4) is 0 Å². The van der Waals surface area contributed by atoms with Crippen LogP contribution in [0, 0.1) is 0 Å². The average Bonchev–Trinajstić information content (AvgIpc) is 3.42. The Balaban J connectivity index is 1.50. The zero-order valence-corrected chi connectivity index (χ0v) is 13.7. The van der Waals surface area contributed by atoms with Gasteiger partial charge in [0.25, 0.3) is 5.91 Å². The Morgan fingerprint density at radius 3 is 2.76 bits per heavy atom. The summed E-state index contributed by atoms with van der Waals surface area (Å²) >= 11 is 0. The molecule has 132 valence electrons. The Kier molecular flexibility index (Phi) is 4.27. The molecule has 2 aliphatic heterocycles. The molecule has 8 nitrogen and oxygen atoms in total. The summed E-state index contributed by atoms with van der Waals surface area (Å²) in [5.74, 6) is 0.604. The summed E-state index contributed by atoms with van der Waals surface area (Å²) in [5, 5.41) is 3.85. The summed E-state index contributed by atoms with van der Waals surface area (Å²) in [4.78, 5) is 28.9. The van der Waals surface area contributed by atoms with Gasteiger partial charge in [0.2, 0.25) is 11.7 Å². The van der Waals surface area contributed by atoms with E-state index in [1.165, 1.54) is 6.26 Å². The van der Waals surface area contributed by atoms with Gasteiger partial charge in [-0.15, -0.1) is 0 Å². The van der Waals surface area contributed by atoms with Crippen molar-refractivity contribution in [3.63, 3.8) is 0 Å². The van der Waals surface area contributed by atoms with E-state index in [0.29, 0.717) is 50.8 Å². The summed E-state index contributed by atoms with van der Waals surface area (Å²) in [6.07, 6.45) is 3.00. The fourth-order valence-electron chi connectivity index (χ4n) is 3.32. The van der Waals surface area contributed by atoms with Gasteiger partial charge in [-0.05, 0) is 25.0 Å². The van der Waals surface area contributed by atoms with Crippen LogP contribution in [-0.2, 0) is 9.53 Å². The number of amides is 2. The first-order valence-electron chi connectivity index (χ1n) is 8.42. The summed E-state index contributed by atoms with van der Waals surface area (Å²) in [6.45, 7) is 2.78. The molecular weight excluding hydrogens is 326 g/mol. The number of rotatable bonds is 3. The van der Waals surface area contributed by atoms with Crippen LogP contribution in [0.2, 0.25) is 0 Å². The molecule has 2 aromatic rings. The molecule has 2 aromatic heterocycles. The first-order chi connectivity index (χ1) is 12.2. The highest BCUT2D eigenvalue weighted by molar-refractivity contribution is 5.97. The third kappa shape index (κ3) is 3.05. The van der Waals surface area contributed by atoms with Gasteiger partial charge in [0.15, 0.2) is 11.5 Å². The molecule has 0 aliphatic carbocycles. The number of furan rings is 1. The smallest absolute Gasteiger partial charge is 0.276 e. The minimum absolute atomic E-state index is 0.0103. The zero-order valence-electron chi connectivity index (χ0n) is 13.7. The van der Waals surface area contributed by atoms with Crippen LogP contribution in [-0.4, -0.2) is 65.7 Å². The van der Waals surface area contributed by atoms with E-state index < -0.39 is 6.04 Å². The van der Waals surface area contributed by atoms with Crippen molar-refractivity contribution in [1.82, 2.24) is 15.0 Å². The van der Waals surface area contributed by atoms with Gasteiger partial charge in [0.05, 0.1) is 19.5 Å². The predicted octanol–water partition coefficient (Wildman–Crippen LogP) is 1.40. The first-order valence-corrected chi connectivity index (χ1v) is 8.42. The average molecular weight is 345 g/mol. The second-order valence-corrected chi connectivity index (χ2v) is 6.15. The molecule has 0 saturated carbocycles. The third-order valence-electron chi connectivity index (χ3n) is 4.61. The molecule has 4 rings (SSSR count). The lowest BCUT2D eigenvalue weighted by Crippen LogP contribution is -2.51. The first kappa shape index (κ1) is 15.9. The summed E-state index contributed by atoms with van der Waals surface area (Å²) in [6, 6.07) is 4.58. The van der Waals surface area contributed by atoms with E-state index in [4.69, 9.17) is 13.7 Å². The van der Waals surface area contributed by atoms with Crippen molar-refractivity contribution >= 4 is 11.8 Å². The van der Waals surface area contributed by atoms with Crippen LogP contribution < -0.4 is 0 Å². The van der Waals surface area contributed by atoms with E-state index in [0.717, 1.165) is 6.42 Å². The number of morpholine rings is 1. The normalized spacial score (nSPS) is 20.9. The van der Waals surface area contributed by atoms with Crippen molar-refractivity contribution in [1.29, 1.82) is 0 Å². The number of carbonyl (C=O) groups excluding carboxylic acids is 2. The molecule has 2 fully saturated rings. The van der Waals surface area contributed by atoms with Gasteiger partial charge < -0.3 is 23.5 Å². The number of nitrogens with zero attached hydrogens (tertiary/aromatic N) is 3. The highest BCUT2D eigenvalue weighted by Crippen LogP contribution is 2.25. The van der Waals surface area contributed by atoms with Gasteiger partial charge in [-0.25, -0.2) is 0 Å². The van der Waals surface area contributed by atoms with Gasteiger partial charge in [0.1, 0.15) is 6.04 Å². The lowest BCUT2D eigenvalue weighted by atomic mass is 10.1. The fraction of sp³-hybridized carbons (Fsp3) is 0.471. The van der Waals surface area contributed by atoms with E-state index in [-0.39, 0.29) is 17.5 Å². The Labute approximate surface area is 144 Å². The molecule has 8 heteroatoms. The number of ether oxygens (including phenoxy) is 1. The lowest BCUT2D eigenvalue weighted by Gasteiger charge is -2.32. The molecule has 2 aliphatic rings. The van der Waals surface area contributed by atoms with E-state index in [1.54, 1.807) is 28.0 Å². The van der Waals surface area contributed by atoms with Crippen molar-refractivity contribution in [2.45, 2.75) is 18.9 Å². The topological polar surface area (TPSA) is 89.0 Å². The Morgan fingerprint density at radius 2 is 2.00 bits per heavy atom. The number of carbonyl (C=O) groups is 2. The molecule has 0 N–H and O–H groups in total. The predicted molar refractivity (Wildman–Crippen MR) is 85.7 cm³/mol. The summed E-state index contributed by atoms with van der Waals surface area (Å²) in [7, 11) is 0. The van der Waals surface area contributed by atoms with E-state index in [9.17, 15) is 9.59 Å². The summed E-state index contributed by atoms with van der Waals surface area (Å²) < 4.78 is 15.7. The molecule has 0 bridgehead atoms. The largest absolute Gasteiger partial charge is 0.461 e. The molecule has 25 heavy (non-hydrogen) atoms. The zero-order chi connectivity index (χ0) is 17.2. The molecule has 4 heterocycles. The second kappa shape index (κ2) is 6.72. The van der Waals surface area contributed by atoms with Gasteiger partial charge >= 0.3 is 0 Å². The van der Waals surface area contributed by atoms with Crippen LogP contribution in [0.4, 0.5) is 0 Å². The van der Waals surface area contributed by atoms with Crippen LogP contribution in [0.25, 0.3) is 11.5 Å². The van der Waals surface area contributed by atoms with Crippen molar-refractivity contribution < 1.29 is 23.3 Å². The van der Waals surface area contributed by atoms with E-state index in [1.807, 2.05) is 0 Å². The van der Waals surface area contributed by atoms with E-state index >= 15 is 0 Å². The molecule has 0 radical (unpaired) electrons. The van der Waals surface area contributed by atoms with Gasteiger partial charge in [-0.1, -0.05) is 5.16 Å². The number of hydrogen-bond acceptors (Lipinski definition) is 6. The second-order valence-electron chi connectivity index (χ2n) is 6.15. The lowest BCUT2D eigenvalue weighted by molar-refractivity contribution is -0.139. The maximum atomic E-state index is 12.8. The maximum Gasteiger partial charge on any atom is 0.276 e. The molecule has 0 spiro atoms. The number of aromatic nitrogens is 1. The SMILES string of the molecule is O=C([C@@H]1CCCN1C(=O)c1cc(-c2ccco2)on1)N1CCOCC1. The molecule has 0 unspecified atom stereocenters. The Morgan fingerprint density at radius 1 is 1.16 bits per heavy atom. The molecule has 2 amide bonds. The van der Waals surface area contributed by atoms with Crippen molar-refractivity contribution in [3.8, 4) is 11.5 Å². The Hall–Kier alpha value is -2.61. The van der Waals surface area contributed by atoms with Gasteiger partial charge in [0, 0.05) is 25.7 Å².